The molecular weight excluding hydrogens is 230 g/mol. The molecule has 1 atom stereocenters. The maximum atomic E-state index is 11.4. The van der Waals surface area contributed by atoms with Crippen LogP contribution in [0, 0.1) is 0 Å². The third kappa shape index (κ3) is 3.32. The number of carbonyl (C=O) groups excluding carboxylic acids is 1. The predicted molar refractivity (Wildman–Crippen MR) is 68.3 cm³/mol. The molecular formula is C14H17NO3. The van der Waals surface area contributed by atoms with Crippen LogP contribution in [0.2, 0.25) is 0 Å². The molecule has 2 rings (SSSR count). The van der Waals surface area contributed by atoms with Gasteiger partial charge in [-0.15, -0.1) is 0 Å². The Balaban J connectivity index is 1.78. The van der Waals surface area contributed by atoms with Crippen LogP contribution < -0.4 is 0 Å². The molecule has 0 aromatic heterocycles. The Morgan fingerprint density at radius 1 is 1.39 bits per heavy atom. The Kier molecular flexibility index (Phi) is 4.34. The van der Waals surface area contributed by atoms with Crippen molar-refractivity contribution in [2.45, 2.75) is 32.3 Å². The SMILES string of the molecule is CCOC(=O)C1CC(CCc2ccccc2)=NO1. The molecule has 96 valence electrons. The molecule has 1 aromatic carbocycles. The number of carbonyl (C=O) groups is 1. The standard InChI is InChI=1S/C14H17NO3/c1-2-17-14(16)13-10-12(15-18-13)9-8-11-6-4-3-5-7-11/h3-7,13H,2,8-10H2,1H3. The van der Waals surface area contributed by atoms with Crippen molar-refractivity contribution in [3.63, 3.8) is 0 Å². The van der Waals surface area contributed by atoms with E-state index in [9.17, 15) is 4.79 Å². The number of ether oxygens (including phenoxy) is 1. The monoisotopic (exact) mass is 247 g/mol. The molecule has 1 aliphatic rings. The van der Waals surface area contributed by atoms with E-state index in [1.807, 2.05) is 18.2 Å². The van der Waals surface area contributed by atoms with E-state index >= 15 is 0 Å². The van der Waals surface area contributed by atoms with Crippen LogP contribution in [0.1, 0.15) is 25.3 Å². The average molecular weight is 247 g/mol. The molecule has 4 heteroatoms. The largest absolute Gasteiger partial charge is 0.463 e. The summed E-state index contributed by atoms with van der Waals surface area (Å²) in [4.78, 5) is 16.5. The summed E-state index contributed by atoms with van der Waals surface area (Å²) >= 11 is 0. The molecule has 4 nitrogen and oxygen atoms in total. The third-order valence-electron chi connectivity index (χ3n) is 2.82. The van der Waals surface area contributed by atoms with Crippen LogP contribution in [0.15, 0.2) is 35.5 Å². The first-order valence-corrected chi connectivity index (χ1v) is 6.21. The zero-order chi connectivity index (χ0) is 12.8. The highest BCUT2D eigenvalue weighted by Gasteiger charge is 2.28. The van der Waals surface area contributed by atoms with E-state index in [-0.39, 0.29) is 5.97 Å². The van der Waals surface area contributed by atoms with Gasteiger partial charge in [-0.05, 0) is 25.3 Å². The van der Waals surface area contributed by atoms with Gasteiger partial charge >= 0.3 is 5.97 Å². The van der Waals surface area contributed by atoms with Gasteiger partial charge in [-0.25, -0.2) is 4.79 Å². The van der Waals surface area contributed by atoms with Crippen LogP contribution in [-0.2, 0) is 20.8 Å². The first-order chi connectivity index (χ1) is 8.79. The van der Waals surface area contributed by atoms with Crippen molar-refractivity contribution in [3.8, 4) is 0 Å². The van der Waals surface area contributed by atoms with Gasteiger partial charge < -0.3 is 9.57 Å². The van der Waals surface area contributed by atoms with Gasteiger partial charge in [-0.1, -0.05) is 35.5 Å². The number of benzene rings is 1. The van der Waals surface area contributed by atoms with E-state index in [0.717, 1.165) is 18.6 Å². The molecule has 0 radical (unpaired) electrons. The first kappa shape index (κ1) is 12.6. The molecule has 0 fully saturated rings. The molecule has 0 saturated heterocycles. The Hall–Kier alpha value is -1.84. The second-order valence-corrected chi connectivity index (χ2v) is 4.19. The van der Waals surface area contributed by atoms with Crippen LogP contribution in [0.3, 0.4) is 0 Å². The Labute approximate surface area is 107 Å². The highest BCUT2D eigenvalue weighted by molar-refractivity contribution is 5.91. The molecule has 0 aliphatic carbocycles. The highest BCUT2D eigenvalue weighted by Crippen LogP contribution is 2.16. The topological polar surface area (TPSA) is 47.9 Å². The molecule has 0 saturated carbocycles. The number of aryl methyl sites for hydroxylation is 1. The maximum Gasteiger partial charge on any atom is 0.350 e. The van der Waals surface area contributed by atoms with Crippen molar-refractivity contribution in [3.05, 3.63) is 35.9 Å². The van der Waals surface area contributed by atoms with E-state index in [0.29, 0.717) is 13.0 Å². The highest BCUT2D eigenvalue weighted by atomic mass is 16.7. The number of nitrogens with zero attached hydrogens (tertiary/aromatic N) is 1. The summed E-state index contributed by atoms with van der Waals surface area (Å²) in [5.74, 6) is -0.323. The molecule has 18 heavy (non-hydrogen) atoms. The summed E-state index contributed by atoms with van der Waals surface area (Å²) in [6.45, 7) is 2.15. The lowest BCUT2D eigenvalue weighted by Gasteiger charge is -2.06. The number of rotatable bonds is 5. The van der Waals surface area contributed by atoms with Crippen molar-refractivity contribution in [2.24, 2.45) is 5.16 Å². The number of hydrogen-bond donors (Lipinski definition) is 0. The molecule has 1 aromatic rings. The summed E-state index contributed by atoms with van der Waals surface area (Å²) < 4.78 is 4.90. The summed E-state index contributed by atoms with van der Waals surface area (Å²) in [5, 5.41) is 3.95. The van der Waals surface area contributed by atoms with Crippen LogP contribution >= 0.6 is 0 Å². The number of oxime groups is 1. The number of esters is 1. The molecule has 1 heterocycles. The van der Waals surface area contributed by atoms with E-state index in [1.165, 1.54) is 5.56 Å². The Morgan fingerprint density at radius 3 is 2.89 bits per heavy atom. The summed E-state index contributed by atoms with van der Waals surface area (Å²) in [5.41, 5.74) is 2.19. The van der Waals surface area contributed by atoms with Gasteiger partial charge in [-0.2, -0.15) is 0 Å². The molecule has 0 N–H and O–H groups in total. The fraction of sp³-hybridized carbons (Fsp3) is 0.429. The van der Waals surface area contributed by atoms with Gasteiger partial charge in [0.25, 0.3) is 0 Å². The Bertz CT molecular complexity index is 428. The zero-order valence-corrected chi connectivity index (χ0v) is 10.5. The van der Waals surface area contributed by atoms with Gasteiger partial charge in [0.15, 0.2) is 0 Å². The van der Waals surface area contributed by atoms with Crippen LogP contribution in [0.4, 0.5) is 0 Å². The van der Waals surface area contributed by atoms with E-state index in [2.05, 4.69) is 17.3 Å². The molecule has 0 bridgehead atoms. The molecule has 0 amide bonds. The maximum absolute atomic E-state index is 11.4. The zero-order valence-electron chi connectivity index (χ0n) is 10.5. The number of hydrogen-bond acceptors (Lipinski definition) is 4. The van der Waals surface area contributed by atoms with Crippen molar-refractivity contribution in [1.82, 2.24) is 0 Å². The van der Waals surface area contributed by atoms with Gasteiger partial charge in [0.1, 0.15) is 0 Å². The average Bonchev–Trinajstić information content (AvgIpc) is 2.87. The molecule has 1 unspecified atom stereocenters. The summed E-state index contributed by atoms with van der Waals surface area (Å²) in [6, 6.07) is 10.2. The first-order valence-electron chi connectivity index (χ1n) is 6.21. The lowest BCUT2D eigenvalue weighted by Crippen LogP contribution is -2.23. The van der Waals surface area contributed by atoms with E-state index < -0.39 is 6.10 Å². The van der Waals surface area contributed by atoms with Gasteiger partial charge in [0, 0.05) is 6.42 Å². The van der Waals surface area contributed by atoms with E-state index in [4.69, 9.17) is 9.57 Å². The summed E-state index contributed by atoms with van der Waals surface area (Å²) in [7, 11) is 0. The predicted octanol–water partition coefficient (Wildman–Crippen LogP) is 2.33. The minimum absolute atomic E-state index is 0.323. The second-order valence-electron chi connectivity index (χ2n) is 4.19. The van der Waals surface area contributed by atoms with Crippen molar-refractivity contribution >= 4 is 11.7 Å². The van der Waals surface area contributed by atoms with Gasteiger partial charge in [0.05, 0.1) is 12.3 Å². The Morgan fingerprint density at radius 2 is 2.17 bits per heavy atom. The van der Waals surface area contributed by atoms with Crippen LogP contribution in [-0.4, -0.2) is 24.4 Å². The van der Waals surface area contributed by atoms with Crippen LogP contribution in [0.5, 0.6) is 0 Å². The minimum Gasteiger partial charge on any atom is -0.463 e. The van der Waals surface area contributed by atoms with E-state index in [1.54, 1.807) is 6.92 Å². The fourth-order valence-electron chi connectivity index (χ4n) is 1.87. The molecule has 0 spiro atoms. The normalized spacial score (nSPS) is 18.1. The fourth-order valence-corrected chi connectivity index (χ4v) is 1.87. The minimum atomic E-state index is -0.546. The smallest absolute Gasteiger partial charge is 0.350 e. The van der Waals surface area contributed by atoms with Crippen LogP contribution in [0.25, 0.3) is 0 Å². The quantitative estimate of drug-likeness (QED) is 0.750. The van der Waals surface area contributed by atoms with Gasteiger partial charge in [0.2, 0.25) is 6.10 Å². The van der Waals surface area contributed by atoms with Crippen molar-refractivity contribution in [1.29, 1.82) is 0 Å². The lowest BCUT2D eigenvalue weighted by atomic mass is 10.0. The van der Waals surface area contributed by atoms with Crippen molar-refractivity contribution in [2.75, 3.05) is 6.61 Å². The van der Waals surface area contributed by atoms with Crippen molar-refractivity contribution < 1.29 is 14.4 Å². The third-order valence-corrected chi connectivity index (χ3v) is 2.82. The molecule has 1 aliphatic heterocycles. The lowest BCUT2D eigenvalue weighted by molar-refractivity contribution is -0.154. The van der Waals surface area contributed by atoms with Gasteiger partial charge in [-0.3, -0.25) is 0 Å². The summed E-state index contributed by atoms with van der Waals surface area (Å²) in [6.07, 6.45) is 1.74. The second kappa shape index (κ2) is 6.19.